The molecule has 2 aromatic rings. The second-order valence-corrected chi connectivity index (χ2v) is 4.46. The molecule has 1 aromatic heterocycles. The zero-order valence-corrected chi connectivity index (χ0v) is 12.3. The molecule has 0 atom stereocenters. The van der Waals surface area contributed by atoms with Crippen molar-refractivity contribution in [2.45, 2.75) is 26.4 Å². The molecule has 6 heteroatoms. The van der Waals surface area contributed by atoms with Crippen LogP contribution < -0.4 is 5.32 Å². The standard InChI is InChI=1S/C14H17NO.C2H2O4/c1-2-12-5-7-13(8-6-12)10-15-11-14-4-3-9-16-14;3-1(4)2(5)6/h3-9,15H,2,10-11H2,1H3;(H,3,4)(H,5,6). The van der Waals surface area contributed by atoms with E-state index in [9.17, 15) is 0 Å². The predicted octanol–water partition coefficient (Wildman–Crippen LogP) is 2.29. The fourth-order valence-electron chi connectivity index (χ4n) is 1.64. The molecule has 118 valence electrons. The third-order valence-corrected chi connectivity index (χ3v) is 2.82. The van der Waals surface area contributed by atoms with Crippen LogP contribution in [0.1, 0.15) is 23.8 Å². The number of nitrogens with one attached hydrogen (secondary N) is 1. The third-order valence-electron chi connectivity index (χ3n) is 2.82. The molecular formula is C16H19NO5. The Morgan fingerprint density at radius 3 is 2.05 bits per heavy atom. The maximum Gasteiger partial charge on any atom is 0.414 e. The molecule has 0 aliphatic rings. The van der Waals surface area contributed by atoms with Gasteiger partial charge in [0.1, 0.15) is 5.76 Å². The smallest absolute Gasteiger partial charge is 0.414 e. The van der Waals surface area contributed by atoms with Crippen LogP contribution >= 0.6 is 0 Å². The number of carboxylic acid groups (broad SMARTS) is 2. The van der Waals surface area contributed by atoms with Crippen molar-refractivity contribution in [1.29, 1.82) is 0 Å². The van der Waals surface area contributed by atoms with Gasteiger partial charge in [-0.3, -0.25) is 0 Å². The predicted molar refractivity (Wildman–Crippen MR) is 80.3 cm³/mol. The Bertz CT molecular complexity index is 563. The minimum atomic E-state index is -1.82. The summed E-state index contributed by atoms with van der Waals surface area (Å²) in [6.45, 7) is 3.83. The molecule has 1 aromatic carbocycles. The number of hydrogen-bond donors (Lipinski definition) is 3. The van der Waals surface area contributed by atoms with Gasteiger partial charge in [-0.05, 0) is 29.7 Å². The van der Waals surface area contributed by atoms with Gasteiger partial charge in [-0.15, -0.1) is 0 Å². The Morgan fingerprint density at radius 2 is 1.59 bits per heavy atom. The number of furan rings is 1. The van der Waals surface area contributed by atoms with Crippen molar-refractivity contribution in [3.05, 3.63) is 59.5 Å². The van der Waals surface area contributed by atoms with Crippen LogP contribution in [0.3, 0.4) is 0 Å². The van der Waals surface area contributed by atoms with Gasteiger partial charge in [-0.25, -0.2) is 9.59 Å². The van der Waals surface area contributed by atoms with Crippen LogP contribution in [0.4, 0.5) is 0 Å². The van der Waals surface area contributed by atoms with Crippen molar-refractivity contribution in [2.24, 2.45) is 0 Å². The van der Waals surface area contributed by atoms with Crippen LogP contribution in [0.25, 0.3) is 0 Å². The molecule has 0 aliphatic heterocycles. The molecule has 0 fully saturated rings. The van der Waals surface area contributed by atoms with E-state index in [1.165, 1.54) is 11.1 Å². The summed E-state index contributed by atoms with van der Waals surface area (Å²) in [5, 5.41) is 18.1. The van der Waals surface area contributed by atoms with E-state index in [1.54, 1.807) is 6.26 Å². The van der Waals surface area contributed by atoms with Crippen LogP contribution in [-0.4, -0.2) is 22.2 Å². The first-order chi connectivity index (χ1) is 10.5. The molecule has 1 heterocycles. The summed E-state index contributed by atoms with van der Waals surface area (Å²) < 4.78 is 5.25. The lowest BCUT2D eigenvalue weighted by molar-refractivity contribution is -0.159. The fraction of sp³-hybridized carbons (Fsp3) is 0.250. The molecular weight excluding hydrogens is 286 g/mol. The number of aliphatic carboxylic acids is 2. The quantitative estimate of drug-likeness (QED) is 0.733. The van der Waals surface area contributed by atoms with Gasteiger partial charge < -0.3 is 19.9 Å². The highest BCUT2D eigenvalue weighted by Gasteiger charge is 2.04. The summed E-state index contributed by atoms with van der Waals surface area (Å²) in [5.74, 6) is -2.67. The Morgan fingerprint density at radius 1 is 1.00 bits per heavy atom. The van der Waals surface area contributed by atoms with Gasteiger partial charge in [-0.1, -0.05) is 31.2 Å². The van der Waals surface area contributed by atoms with Crippen molar-refractivity contribution in [1.82, 2.24) is 5.32 Å². The van der Waals surface area contributed by atoms with E-state index in [4.69, 9.17) is 24.2 Å². The van der Waals surface area contributed by atoms with Crippen LogP contribution in [0.2, 0.25) is 0 Å². The number of carbonyl (C=O) groups is 2. The number of carboxylic acids is 2. The van der Waals surface area contributed by atoms with Crippen molar-refractivity contribution in [2.75, 3.05) is 0 Å². The van der Waals surface area contributed by atoms with Crippen LogP contribution in [-0.2, 0) is 29.1 Å². The highest BCUT2D eigenvalue weighted by molar-refractivity contribution is 6.27. The SMILES string of the molecule is CCc1ccc(CNCc2ccco2)cc1.O=C(O)C(=O)O. The van der Waals surface area contributed by atoms with E-state index in [0.29, 0.717) is 0 Å². The summed E-state index contributed by atoms with van der Waals surface area (Å²) in [6, 6.07) is 12.6. The van der Waals surface area contributed by atoms with Gasteiger partial charge in [0.15, 0.2) is 0 Å². The highest BCUT2D eigenvalue weighted by atomic mass is 16.4. The first-order valence-corrected chi connectivity index (χ1v) is 6.80. The highest BCUT2D eigenvalue weighted by Crippen LogP contribution is 2.05. The molecule has 2 rings (SSSR count). The van der Waals surface area contributed by atoms with E-state index in [-0.39, 0.29) is 0 Å². The molecule has 0 amide bonds. The zero-order chi connectivity index (χ0) is 16.4. The number of rotatable bonds is 5. The lowest BCUT2D eigenvalue weighted by atomic mass is 10.1. The number of benzene rings is 1. The minimum absolute atomic E-state index is 0.780. The normalized spacial score (nSPS) is 9.68. The molecule has 0 saturated heterocycles. The first-order valence-electron chi connectivity index (χ1n) is 6.80. The van der Waals surface area contributed by atoms with Gasteiger partial charge in [0.2, 0.25) is 0 Å². The summed E-state index contributed by atoms with van der Waals surface area (Å²) >= 11 is 0. The van der Waals surface area contributed by atoms with Gasteiger partial charge in [0.05, 0.1) is 12.8 Å². The van der Waals surface area contributed by atoms with Gasteiger partial charge in [-0.2, -0.15) is 0 Å². The average molecular weight is 305 g/mol. The average Bonchev–Trinajstić information content (AvgIpc) is 3.02. The molecule has 3 N–H and O–H groups in total. The van der Waals surface area contributed by atoms with Crippen LogP contribution in [0.5, 0.6) is 0 Å². The van der Waals surface area contributed by atoms with Crippen LogP contribution in [0, 0.1) is 0 Å². The lowest BCUT2D eigenvalue weighted by Gasteiger charge is -2.04. The maximum atomic E-state index is 9.10. The van der Waals surface area contributed by atoms with Crippen molar-refractivity contribution >= 4 is 11.9 Å². The van der Waals surface area contributed by atoms with E-state index in [2.05, 4.69) is 36.5 Å². The Kier molecular flexibility index (Phi) is 7.42. The second-order valence-electron chi connectivity index (χ2n) is 4.46. The van der Waals surface area contributed by atoms with E-state index >= 15 is 0 Å². The molecule has 0 unspecified atom stereocenters. The fourth-order valence-corrected chi connectivity index (χ4v) is 1.64. The summed E-state index contributed by atoms with van der Waals surface area (Å²) in [6.07, 6.45) is 2.80. The Balaban J connectivity index is 0.000000346. The molecule has 0 radical (unpaired) electrons. The third kappa shape index (κ3) is 6.71. The van der Waals surface area contributed by atoms with E-state index in [0.717, 1.165) is 25.3 Å². The van der Waals surface area contributed by atoms with Crippen molar-refractivity contribution in [3.63, 3.8) is 0 Å². The van der Waals surface area contributed by atoms with Gasteiger partial charge in [0.25, 0.3) is 0 Å². The summed E-state index contributed by atoms with van der Waals surface area (Å²) in [5.41, 5.74) is 2.69. The molecule has 0 aliphatic carbocycles. The number of hydrogen-bond acceptors (Lipinski definition) is 4. The van der Waals surface area contributed by atoms with Gasteiger partial charge in [0, 0.05) is 6.54 Å². The molecule has 0 spiro atoms. The lowest BCUT2D eigenvalue weighted by Crippen LogP contribution is -2.11. The van der Waals surface area contributed by atoms with Crippen molar-refractivity contribution in [3.8, 4) is 0 Å². The molecule has 6 nitrogen and oxygen atoms in total. The van der Waals surface area contributed by atoms with Crippen molar-refractivity contribution < 1.29 is 24.2 Å². The minimum Gasteiger partial charge on any atom is -0.473 e. The molecule has 0 saturated carbocycles. The molecule has 22 heavy (non-hydrogen) atoms. The number of aryl methyl sites for hydroxylation is 1. The summed E-state index contributed by atoms with van der Waals surface area (Å²) in [4.78, 5) is 18.2. The Labute approximate surface area is 128 Å². The van der Waals surface area contributed by atoms with Gasteiger partial charge >= 0.3 is 11.9 Å². The maximum absolute atomic E-state index is 9.10. The largest absolute Gasteiger partial charge is 0.473 e. The first kappa shape index (κ1) is 17.5. The van der Waals surface area contributed by atoms with E-state index in [1.807, 2.05) is 12.1 Å². The topological polar surface area (TPSA) is 99.8 Å². The van der Waals surface area contributed by atoms with E-state index < -0.39 is 11.9 Å². The zero-order valence-electron chi connectivity index (χ0n) is 12.3. The Hall–Kier alpha value is -2.60. The monoisotopic (exact) mass is 305 g/mol. The molecule has 0 bridgehead atoms. The van der Waals surface area contributed by atoms with Crippen LogP contribution in [0.15, 0.2) is 47.1 Å². The summed E-state index contributed by atoms with van der Waals surface area (Å²) in [7, 11) is 0. The second kappa shape index (κ2) is 9.36.